The summed E-state index contributed by atoms with van der Waals surface area (Å²) in [6, 6.07) is 1.95. The van der Waals surface area contributed by atoms with Crippen molar-refractivity contribution in [3.8, 4) is 0 Å². The van der Waals surface area contributed by atoms with Crippen molar-refractivity contribution >= 4 is 28.8 Å². The number of hydrogen-bond donors (Lipinski definition) is 1. The van der Waals surface area contributed by atoms with Gasteiger partial charge in [-0.15, -0.1) is 11.6 Å². The van der Waals surface area contributed by atoms with Crippen molar-refractivity contribution in [2.45, 2.75) is 6.42 Å². The number of thiophene rings is 1. The Balaban J connectivity index is 2.04. The van der Waals surface area contributed by atoms with E-state index in [4.69, 9.17) is 16.3 Å². The zero-order valence-electron chi connectivity index (χ0n) is 8.37. The fraction of sp³-hybridized carbons (Fsp3) is 0.500. The van der Waals surface area contributed by atoms with Crippen molar-refractivity contribution in [2.75, 3.05) is 25.6 Å². The number of rotatable bonds is 7. The second-order valence-corrected chi connectivity index (χ2v) is 4.12. The highest BCUT2D eigenvalue weighted by atomic mass is 35.5. The summed E-state index contributed by atoms with van der Waals surface area (Å²) in [7, 11) is 0. The third-order valence-electron chi connectivity index (χ3n) is 1.73. The lowest BCUT2D eigenvalue weighted by molar-refractivity contribution is -0.120. The van der Waals surface area contributed by atoms with Crippen molar-refractivity contribution < 1.29 is 9.53 Å². The SMILES string of the molecule is O=C(Cc1ccsc1)NCCOCCCl. The highest BCUT2D eigenvalue weighted by Crippen LogP contribution is 2.05. The van der Waals surface area contributed by atoms with Crippen LogP contribution in [0.15, 0.2) is 16.8 Å². The molecule has 5 heteroatoms. The van der Waals surface area contributed by atoms with Gasteiger partial charge in [0.25, 0.3) is 0 Å². The number of carbonyl (C=O) groups excluding carboxylic acids is 1. The van der Waals surface area contributed by atoms with E-state index >= 15 is 0 Å². The van der Waals surface area contributed by atoms with Crippen LogP contribution in [0.5, 0.6) is 0 Å². The van der Waals surface area contributed by atoms with Crippen molar-refractivity contribution in [2.24, 2.45) is 0 Å². The topological polar surface area (TPSA) is 38.3 Å². The fourth-order valence-electron chi connectivity index (χ4n) is 1.06. The fourth-order valence-corrected chi connectivity index (χ4v) is 1.84. The normalized spacial score (nSPS) is 10.2. The second kappa shape index (κ2) is 7.68. The number of halogens is 1. The zero-order valence-corrected chi connectivity index (χ0v) is 9.94. The van der Waals surface area contributed by atoms with Gasteiger partial charge in [-0.05, 0) is 22.4 Å². The van der Waals surface area contributed by atoms with Gasteiger partial charge in [0.05, 0.1) is 19.6 Å². The minimum Gasteiger partial charge on any atom is -0.378 e. The molecule has 0 bridgehead atoms. The second-order valence-electron chi connectivity index (χ2n) is 2.96. The average Bonchev–Trinajstić information content (AvgIpc) is 2.70. The van der Waals surface area contributed by atoms with E-state index in [-0.39, 0.29) is 5.91 Å². The van der Waals surface area contributed by atoms with Gasteiger partial charge in [0.2, 0.25) is 5.91 Å². The number of ether oxygens (including phenoxy) is 1. The van der Waals surface area contributed by atoms with Crippen LogP contribution in [-0.4, -0.2) is 31.5 Å². The number of hydrogen-bond acceptors (Lipinski definition) is 3. The van der Waals surface area contributed by atoms with E-state index in [9.17, 15) is 4.79 Å². The summed E-state index contributed by atoms with van der Waals surface area (Å²) < 4.78 is 5.12. The molecule has 0 aliphatic carbocycles. The van der Waals surface area contributed by atoms with E-state index in [1.165, 1.54) is 0 Å². The molecular formula is C10H14ClNO2S. The highest BCUT2D eigenvalue weighted by molar-refractivity contribution is 7.07. The summed E-state index contributed by atoms with van der Waals surface area (Å²) in [5, 5.41) is 6.72. The summed E-state index contributed by atoms with van der Waals surface area (Å²) in [5.41, 5.74) is 1.05. The van der Waals surface area contributed by atoms with Gasteiger partial charge in [-0.1, -0.05) is 0 Å². The van der Waals surface area contributed by atoms with Gasteiger partial charge < -0.3 is 10.1 Å². The first-order chi connectivity index (χ1) is 7.33. The quantitative estimate of drug-likeness (QED) is 0.588. The first-order valence-electron chi connectivity index (χ1n) is 4.74. The van der Waals surface area contributed by atoms with E-state index in [1.54, 1.807) is 11.3 Å². The van der Waals surface area contributed by atoms with E-state index in [0.717, 1.165) is 5.56 Å². The minimum atomic E-state index is 0.0304. The van der Waals surface area contributed by atoms with Gasteiger partial charge in [0, 0.05) is 12.4 Å². The van der Waals surface area contributed by atoms with Crippen LogP contribution in [0.1, 0.15) is 5.56 Å². The van der Waals surface area contributed by atoms with Crippen LogP contribution in [0.25, 0.3) is 0 Å². The summed E-state index contributed by atoms with van der Waals surface area (Å²) in [6.45, 7) is 1.59. The maximum absolute atomic E-state index is 11.4. The number of amides is 1. The van der Waals surface area contributed by atoms with Crippen molar-refractivity contribution in [3.63, 3.8) is 0 Å². The largest absolute Gasteiger partial charge is 0.378 e. The highest BCUT2D eigenvalue weighted by Gasteiger charge is 2.02. The maximum atomic E-state index is 11.4. The molecule has 0 fully saturated rings. The molecule has 0 aromatic carbocycles. The Labute approximate surface area is 98.4 Å². The molecule has 0 unspecified atom stereocenters. The van der Waals surface area contributed by atoms with E-state index < -0.39 is 0 Å². The van der Waals surface area contributed by atoms with E-state index in [1.807, 2.05) is 16.8 Å². The molecule has 0 radical (unpaired) electrons. The molecule has 0 aliphatic heterocycles. The average molecular weight is 248 g/mol. The lowest BCUT2D eigenvalue weighted by atomic mass is 10.2. The van der Waals surface area contributed by atoms with Crippen LogP contribution in [0.2, 0.25) is 0 Å². The Hall–Kier alpha value is -0.580. The van der Waals surface area contributed by atoms with Crippen LogP contribution in [0, 0.1) is 0 Å². The Morgan fingerprint density at radius 2 is 2.40 bits per heavy atom. The van der Waals surface area contributed by atoms with Crippen LogP contribution < -0.4 is 5.32 Å². The predicted octanol–water partition coefficient (Wildman–Crippen LogP) is 1.66. The molecule has 3 nitrogen and oxygen atoms in total. The van der Waals surface area contributed by atoms with Gasteiger partial charge in [-0.25, -0.2) is 0 Å². The van der Waals surface area contributed by atoms with Gasteiger partial charge in [-0.3, -0.25) is 4.79 Å². The summed E-state index contributed by atoms with van der Waals surface area (Å²) >= 11 is 7.02. The molecule has 0 atom stereocenters. The molecule has 15 heavy (non-hydrogen) atoms. The van der Waals surface area contributed by atoms with Gasteiger partial charge in [-0.2, -0.15) is 11.3 Å². The third-order valence-corrected chi connectivity index (χ3v) is 2.62. The predicted molar refractivity (Wildman–Crippen MR) is 62.6 cm³/mol. The molecule has 0 aliphatic rings. The molecule has 84 valence electrons. The zero-order chi connectivity index (χ0) is 10.9. The maximum Gasteiger partial charge on any atom is 0.224 e. The molecule has 1 aromatic rings. The van der Waals surface area contributed by atoms with Gasteiger partial charge in [0.1, 0.15) is 0 Å². The van der Waals surface area contributed by atoms with Crippen molar-refractivity contribution in [1.29, 1.82) is 0 Å². The molecule has 0 spiro atoms. The van der Waals surface area contributed by atoms with Gasteiger partial charge >= 0.3 is 0 Å². The molecule has 1 amide bonds. The van der Waals surface area contributed by atoms with Crippen LogP contribution in [0.3, 0.4) is 0 Å². The van der Waals surface area contributed by atoms with Crippen LogP contribution in [0.4, 0.5) is 0 Å². The molecule has 0 saturated heterocycles. The molecule has 1 heterocycles. The number of alkyl halides is 1. The van der Waals surface area contributed by atoms with E-state index in [2.05, 4.69) is 5.32 Å². The number of nitrogens with one attached hydrogen (secondary N) is 1. The molecule has 0 saturated carbocycles. The summed E-state index contributed by atoms with van der Waals surface area (Å²) in [4.78, 5) is 11.4. The van der Waals surface area contributed by atoms with Gasteiger partial charge in [0.15, 0.2) is 0 Å². The third kappa shape index (κ3) is 5.77. The monoisotopic (exact) mass is 247 g/mol. The lowest BCUT2D eigenvalue weighted by Crippen LogP contribution is -2.28. The Bertz CT molecular complexity index is 277. The van der Waals surface area contributed by atoms with Crippen LogP contribution in [-0.2, 0) is 16.0 Å². The molecule has 1 rings (SSSR count). The Morgan fingerprint density at radius 3 is 3.07 bits per heavy atom. The first kappa shape index (κ1) is 12.5. The lowest BCUT2D eigenvalue weighted by Gasteiger charge is -2.04. The Kier molecular flexibility index (Phi) is 6.39. The van der Waals surface area contributed by atoms with Crippen molar-refractivity contribution in [3.05, 3.63) is 22.4 Å². The summed E-state index contributed by atoms with van der Waals surface area (Å²) in [6.07, 6.45) is 0.443. The smallest absolute Gasteiger partial charge is 0.224 e. The minimum absolute atomic E-state index is 0.0304. The van der Waals surface area contributed by atoms with E-state index in [0.29, 0.717) is 32.1 Å². The number of carbonyl (C=O) groups is 1. The molecule has 1 aromatic heterocycles. The van der Waals surface area contributed by atoms with Crippen molar-refractivity contribution in [1.82, 2.24) is 5.32 Å². The Morgan fingerprint density at radius 1 is 1.53 bits per heavy atom. The molecule has 1 N–H and O–H groups in total. The standard InChI is InChI=1S/C10H14ClNO2S/c11-2-4-14-5-3-12-10(13)7-9-1-6-15-8-9/h1,6,8H,2-5,7H2,(H,12,13). The summed E-state index contributed by atoms with van der Waals surface area (Å²) in [5.74, 6) is 0.519. The molecular weight excluding hydrogens is 234 g/mol. The van der Waals surface area contributed by atoms with Crippen LogP contribution >= 0.6 is 22.9 Å². The first-order valence-corrected chi connectivity index (χ1v) is 6.22.